The lowest BCUT2D eigenvalue weighted by Gasteiger charge is -2.13. The molecule has 0 aromatic carbocycles. The fourth-order valence-corrected chi connectivity index (χ4v) is 1.88. The zero-order valence-corrected chi connectivity index (χ0v) is 12.2. The van der Waals surface area contributed by atoms with E-state index in [9.17, 15) is 0 Å². The van der Waals surface area contributed by atoms with Crippen molar-refractivity contribution in [1.82, 2.24) is 4.98 Å². The Morgan fingerprint density at radius 1 is 1.26 bits per heavy atom. The third-order valence-corrected chi connectivity index (χ3v) is 2.80. The molecule has 0 radical (unpaired) electrons. The van der Waals surface area contributed by atoms with Gasteiger partial charge in [0.1, 0.15) is 0 Å². The molecule has 0 saturated carbocycles. The summed E-state index contributed by atoms with van der Waals surface area (Å²) in [5.74, 6) is 0. The van der Waals surface area contributed by atoms with E-state index in [2.05, 4.69) is 31.5 Å². The van der Waals surface area contributed by atoms with Gasteiger partial charge >= 0.3 is 0 Å². The van der Waals surface area contributed by atoms with E-state index in [0.717, 1.165) is 28.1 Å². The largest absolute Gasteiger partial charge is 0.402 e. The number of aromatic nitrogens is 1. The second kappa shape index (κ2) is 6.74. The molecular weight excluding hydrogens is 232 g/mol. The second-order valence-corrected chi connectivity index (χ2v) is 4.75. The maximum Gasteiger partial charge on any atom is 0.0373 e. The number of hydrogen-bond donors (Lipinski definition) is 1. The molecule has 0 bridgehead atoms. The highest BCUT2D eigenvalue weighted by molar-refractivity contribution is 5.83. The minimum absolute atomic E-state index is 0.788. The Hall–Kier alpha value is -2.09. The van der Waals surface area contributed by atoms with Crippen molar-refractivity contribution in [3.8, 4) is 0 Å². The van der Waals surface area contributed by atoms with Crippen LogP contribution in [0, 0.1) is 6.92 Å². The molecule has 0 unspecified atom stereocenters. The van der Waals surface area contributed by atoms with Gasteiger partial charge in [0.2, 0.25) is 0 Å². The van der Waals surface area contributed by atoms with Crippen molar-refractivity contribution in [2.24, 2.45) is 5.73 Å². The van der Waals surface area contributed by atoms with Gasteiger partial charge in [-0.3, -0.25) is 4.98 Å². The van der Waals surface area contributed by atoms with Crippen molar-refractivity contribution in [3.05, 3.63) is 71.2 Å². The smallest absolute Gasteiger partial charge is 0.0373 e. The Labute approximate surface area is 116 Å². The van der Waals surface area contributed by atoms with Crippen LogP contribution in [-0.2, 0) is 0 Å². The van der Waals surface area contributed by atoms with Gasteiger partial charge in [0, 0.05) is 28.7 Å². The van der Waals surface area contributed by atoms with Crippen molar-refractivity contribution in [2.75, 3.05) is 0 Å². The predicted octanol–water partition coefficient (Wildman–Crippen LogP) is 4.16. The summed E-state index contributed by atoms with van der Waals surface area (Å²) in [6.45, 7) is 11.8. The monoisotopic (exact) mass is 254 g/mol. The lowest BCUT2D eigenvalue weighted by Crippen LogP contribution is -2.02. The van der Waals surface area contributed by atoms with Crippen molar-refractivity contribution in [1.29, 1.82) is 0 Å². The van der Waals surface area contributed by atoms with Crippen LogP contribution in [0.1, 0.15) is 32.0 Å². The van der Waals surface area contributed by atoms with E-state index in [1.807, 2.05) is 38.3 Å². The number of hydrogen-bond acceptors (Lipinski definition) is 2. The van der Waals surface area contributed by atoms with E-state index in [1.165, 1.54) is 5.57 Å². The first-order chi connectivity index (χ1) is 8.97. The van der Waals surface area contributed by atoms with Crippen LogP contribution in [0.15, 0.2) is 60.0 Å². The Kier molecular flexibility index (Phi) is 5.31. The third kappa shape index (κ3) is 3.95. The summed E-state index contributed by atoms with van der Waals surface area (Å²) in [7, 11) is 0. The lowest BCUT2D eigenvalue weighted by molar-refractivity contribution is 1.18. The molecule has 0 fully saturated rings. The van der Waals surface area contributed by atoms with E-state index in [1.54, 1.807) is 6.08 Å². The van der Waals surface area contributed by atoms with Gasteiger partial charge in [-0.05, 0) is 39.3 Å². The average Bonchev–Trinajstić information content (AvgIpc) is 2.35. The number of rotatable bonds is 4. The standard InChI is InChI=1S/C17H22N2/c1-6-7-8-16(12(2)3)17(14(5)18)15-10-9-13(4)19-11-15/h6-11H,1,18H2,2-5H3/b8-7-,17-14+. The molecule has 1 rings (SSSR count). The lowest BCUT2D eigenvalue weighted by atomic mass is 9.93. The van der Waals surface area contributed by atoms with Crippen molar-refractivity contribution in [2.45, 2.75) is 27.7 Å². The van der Waals surface area contributed by atoms with Crippen LogP contribution in [0.2, 0.25) is 0 Å². The Morgan fingerprint density at radius 2 is 1.95 bits per heavy atom. The fourth-order valence-electron chi connectivity index (χ4n) is 1.88. The highest BCUT2D eigenvalue weighted by Crippen LogP contribution is 2.28. The summed E-state index contributed by atoms with van der Waals surface area (Å²) in [5.41, 5.74) is 12.3. The van der Waals surface area contributed by atoms with Crippen molar-refractivity contribution in [3.63, 3.8) is 0 Å². The molecule has 2 heteroatoms. The average molecular weight is 254 g/mol. The van der Waals surface area contributed by atoms with Gasteiger partial charge in [-0.2, -0.15) is 0 Å². The van der Waals surface area contributed by atoms with Crippen LogP contribution in [-0.4, -0.2) is 4.98 Å². The molecule has 0 aliphatic rings. The van der Waals surface area contributed by atoms with Gasteiger partial charge in [0.15, 0.2) is 0 Å². The maximum absolute atomic E-state index is 6.08. The Morgan fingerprint density at radius 3 is 2.37 bits per heavy atom. The first kappa shape index (κ1) is 15.0. The van der Waals surface area contributed by atoms with Crippen LogP contribution < -0.4 is 5.73 Å². The molecule has 0 amide bonds. The summed E-state index contributed by atoms with van der Waals surface area (Å²) in [6, 6.07) is 4.05. The predicted molar refractivity (Wildman–Crippen MR) is 83.5 cm³/mol. The molecule has 1 heterocycles. The number of allylic oxidation sites excluding steroid dienone is 7. The number of pyridine rings is 1. The van der Waals surface area contributed by atoms with Gasteiger partial charge in [-0.1, -0.05) is 36.4 Å². The topological polar surface area (TPSA) is 38.9 Å². The molecule has 100 valence electrons. The number of nitrogens with two attached hydrogens (primary N) is 1. The molecular formula is C17H22N2. The number of nitrogens with zero attached hydrogens (tertiary/aromatic N) is 1. The van der Waals surface area contributed by atoms with E-state index in [-0.39, 0.29) is 0 Å². The van der Waals surface area contributed by atoms with Gasteiger partial charge < -0.3 is 5.73 Å². The van der Waals surface area contributed by atoms with Gasteiger partial charge in [-0.15, -0.1) is 0 Å². The molecule has 0 aliphatic carbocycles. The Balaban J connectivity index is 3.41. The zero-order valence-electron chi connectivity index (χ0n) is 12.2. The molecule has 1 aromatic rings. The molecule has 0 aliphatic heterocycles. The SMILES string of the molecule is C=C/C=C\C(=C(C)C)/C(=C(\C)N)c1ccc(C)nc1. The van der Waals surface area contributed by atoms with E-state index in [4.69, 9.17) is 5.73 Å². The summed E-state index contributed by atoms with van der Waals surface area (Å²) in [6.07, 6.45) is 7.59. The van der Waals surface area contributed by atoms with Gasteiger partial charge in [0.05, 0.1) is 0 Å². The molecule has 0 saturated heterocycles. The Bertz CT molecular complexity index is 535. The summed E-state index contributed by atoms with van der Waals surface area (Å²) < 4.78 is 0. The highest BCUT2D eigenvalue weighted by atomic mass is 14.7. The molecule has 1 aromatic heterocycles. The highest BCUT2D eigenvalue weighted by Gasteiger charge is 2.10. The van der Waals surface area contributed by atoms with E-state index < -0.39 is 0 Å². The number of aryl methyl sites for hydroxylation is 1. The molecule has 0 spiro atoms. The van der Waals surface area contributed by atoms with E-state index >= 15 is 0 Å². The maximum atomic E-state index is 6.08. The summed E-state index contributed by atoms with van der Waals surface area (Å²) in [5, 5.41) is 0. The molecule has 0 atom stereocenters. The van der Waals surface area contributed by atoms with Crippen LogP contribution in [0.25, 0.3) is 5.57 Å². The first-order valence-corrected chi connectivity index (χ1v) is 6.33. The molecule has 19 heavy (non-hydrogen) atoms. The minimum atomic E-state index is 0.788. The quantitative estimate of drug-likeness (QED) is 0.819. The third-order valence-electron chi connectivity index (χ3n) is 2.80. The van der Waals surface area contributed by atoms with Gasteiger partial charge in [0.25, 0.3) is 0 Å². The molecule has 2 N–H and O–H groups in total. The van der Waals surface area contributed by atoms with Crippen molar-refractivity contribution >= 4 is 5.57 Å². The van der Waals surface area contributed by atoms with E-state index in [0.29, 0.717) is 0 Å². The zero-order chi connectivity index (χ0) is 14.4. The van der Waals surface area contributed by atoms with Crippen LogP contribution >= 0.6 is 0 Å². The first-order valence-electron chi connectivity index (χ1n) is 6.33. The minimum Gasteiger partial charge on any atom is -0.402 e. The van der Waals surface area contributed by atoms with Crippen LogP contribution in [0.4, 0.5) is 0 Å². The van der Waals surface area contributed by atoms with Crippen LogP contribution in [0.5, 0.6) is 0 Å². The van der Waals surface area contributed by atoms with Crippen molar-refractivity contribution < 1.29 is 0 Å². The normalized spacial score (nSPS) is 12.2. The van der Waals surface area contributed by atoms with Crippen LogP contribution in [0.3, 0.4) is 0 Å². The summed E-state index contributed by atoms with van der Waals surface area (Å²) in [4.78, 5) is 4.35. The molecule has 2 nitrogen and oxygen atoms in total. The van der Waals surface area contributed by atoms with Gasteiger partial charge in [-0.25, -0.2) is 0 Å². The fraction of sp³-hybridized carbons (Fsp3) is 0.235. The summed E-state index contributed by atoms with van der Waals surface area (Å²) >= 11 is 0. The second-order valence-electron chi connectivity index (χ2n) is 4.75.